The van der Waals surface area contributed by atoms with E-state index >= 15 is 0 Å². The standard InChI is InChI=1S/C19H26N4O/c1-13-7-6-8-16(9-13)18(21(4)5)19(24)22-11-17(12-22)23-15(3)10-14(2)20-23/h6-10,17-18H,11-12H2,1-5H3/t18-/m0/s1. The van der Waals surface area contributed by atoms with Gasteiger partial charge in [-0.3, -0.25) is 14.4 Å². The Labute approximate surface area is 143 Å². The fraction of sp³-hybridized carbons (Fsp3) is 0.474. The van der Waals surface area contributed by atoms with Crippen LogP contribution >= 0.6 is 0 Å². The van der Waals surface area contributed by atoms with Gasteiger partial charge >= 0.3 is 0 Å². The number of hydrogen-bond donors (Lipinski definition) is 0. The van der Waals surface area contributed by atoms with Gasteiger partial charge in [0, 0.05) is 18.8 Å². The van der Waals surface area contributed by atoms with Gasteiger partial charge in [0.05, 0.1) is 11.7 Å². The van der Waals surface area contributed by atoms with Crippen molar-refractivity contribution in [3.63, 3.8) is 0 Å². The minimum atomic E-state index is -0.230. The maximum atomic E-state index is 13.0. The van der Waals surface area contributed by atoms with Gasteiger partial charge < -0.3 is 4.90 Å². The fourth-order valence-electron chi connectivity index (χ4n) is 3.48. The van der Waals surface area contributed by atoms with Crippen molar-refractivity contribution in [2.24, 2.45) is 0 Å². The van der Waals surface area contributed by atoms with Crippen molar-refractivity contribution in [2.75, 3.05) is 27.2 Å². The van der Waals surface area contributed by atoms with Crippen molar-refractivity contribution in [3.05, 3.63) is 52.8 Å². The van der Waals surface area contributed by atoms with Gasteiger partial charge in [-0.15, -0.1) is 0 Å². The van der Waals surface area contributed by atoms with Crippen molar-refractivity contribution in [3.8, 4) is 0 Å². The Kier molecular flexibility index (Phi) is 4.45. The molecule has 0 radical (unpaired) electrons. The van der Waals surface area contributed by atoms with Gasteiger partial charge in [-0.25, -0.2) is 0 Å². The van der Waals surface area contributed by atoms with Crippen LogP contribution in [-0.2, 0) is 4.79 Å². The largest absolute Gasteiger partial charge is 0.337 e. The number of nitrogens with zero attached hydrogens (tertiary/aromatic N) is 4. The van der Waals surface area contributed by atoms with Gasteiger partial charge in [-0.05, 0) is 46.5 Å². The first-order valence-corrected chi connectivity index (χ1v) is 8.41. The van der Waals surface area contributed by atoms with E-state index < -0.39 is 0 Å². The summed E-state index contributed by atoms with van der Waals surface area (Å²) in [6.07, 6.45) is 0. The van der Waals surface area contributed by atoms with Crippen LogP contribution in [0.4, 0.5) is 0 Å². The summed E-state index contributed by atoms with van der Waals surface area (Å²) in [4.78, 5) is 16.9. The second kappa shape index (κ2) is 6.40. The van der Waals surface area contributed by atoms with Crippen LogP contribution in [0.2, 0.25) is 0 Å². The third kappa shape index (κ3) is 3.08. The molecular formula is C19H26N4O. The molecule has 0 saturated carbocycles. The molecular weight excluding hydrogens is 300 g/mol. The number of amides is 1. The molecule has 1 aromatic carbocycles. The molecule has 1 amide bonds. The van der Waals surface area contributed by atoms with Crippen LogP contribution in [0.1, 0.15) is 34.6 Å². The summed E-state index contributed by atoms with van der Waals surface area (Å²) in [5, 5.41) is 4.54. The topological polar surface area (TPSA) is 41.4 Å². The summed E-state index contributed by atoms with van der Waals surface area (Å²) in [5.74, 6) is 0.170. The van der Waals surface area contributed by atoms with Crippen molar-refractivity contribution in [2.45, 2.75) is 32.9 Å². The van der Waals surface area contributed by atoms with Gasteiger partial charge in [0.15, 0.2) is 0 Å². The molecule has 0 bridgehead atoms. The normalized spacial score (nSPS) is 16.3. The molecule has 5 nitrogen and oxygen atoms in total. The molecule has 1 fully saturated rings. The van der Waals surface area contributed by atoms with Crippen LogP contribution < -0.4 is 0 Å². The Balaban J connectivity index is 1.73. The van der Waals surface area contributed by atoms with Crippen LogP contribution in [-0.4, -0.2) is 52.7 Å². The van der Waals surface area contributed by atoms with Crippen LogP contribution in [0, 0.1) is 20.8 Å². The molecule has 0 aliphatic carbocycles. The van der Waals surface area contributed by atoms with Crippen molar-refractivity contribution in [1.82, 2.24) is 19.6 Å². The number of likely N-dealkylation sites (tertiary alicyclic amines) is 1. The zero-order chi connectivity index (χ0) is 17.4. The van der Waals surface area contributed by atoms with Crippen LogP contribution in [0.5, 0.6) is 0 Å². The lowest BCUT2D eigenvalue weighted by Gasteiger charge is -2.42. The predicted molar refractivity (Wildman–Crippen MR) is 94.9 cm³/mol. The maximum absolute atomic E-state index is 13.0. The molecule has 3 rings (SSSR count). The number of aryl methyl sites for hydroxylation is 3. The van der Waals surface area contributed by atoms with E-state index in [0.29, 0.717) is 6.04 Å². The Morgan fingerprint density at radius 2 is 1.92 bits per heavy atom. The third-order valence-electron chi connectivity index (χ3n) is 4.67. The van der Waals surface area contributed by atoms with E-state index in [0.717, 1.165) is 30.0 Å². The van der Waals surface area contributed by atoms with Crippen LogP contribution in [0.3, 0.4) is 0 Å². The van der Waals surface area contributed by atoms with Gasteiger partial charge in [-0.1, -0.05) is 29.8 Å². The van der Waals surface area contributed by atoms with Crippen molar-refractivity contribution in [1.29, 1.82) is 0 Å². The highest BCUT2D eigenvalue weighted by Crippen LogP contribution is 2.29. The van der Waals surface area contributed by atoms with Gasteiger partial charge in [0.25, 0.3) is 0 Å². The first-order valence-electron chi connectivity index (χ1n) is 8.41. The first-order chi connectivity index (χ1) is 11.4. The summed E-state index contributed by atoms with van der Waals surface area (Å²) < 4.78 is 2.05. The second-order valence-corrected chi connectivity index (χ2v) is 7.05. The molecule has 2 heterocycles. The Morgan fingerprint density at radius 3 is 2.46 bits per heavy atom. The Bertz CT molecular complexity index is 744. The molecule has 0 spiro atoms. The lowest BCUT2D eigenvalue weighted by atomic mass is 9.99. The lowest BCUT2D eigenvalue weighted by molar-refractivity contribution is -0.142. The zero-order valence-electron chi connectivity index (χ0n) is 15.2. The average Bonchev–Trinajstić information content (AvgIpc) is 2.76. The maximum Gasteiger partial charge on any atom is 0.244 e. The number of rotatable bonds is 4. The molecule has 2 aromatic rings. The molecule has 1 aliphatic rings. The minimum absolute atomic E-state index is 0.170. The fourth-order valence-corrected chi connectivity index (χ4v) is 3.48. The molecule has 1 aliphatic heterocycles. The highest BCUT2D eigenvalue weighted by Gasteiger charge is 2.37. The Hall–Kier alpha value is -2.14. The molecule has 1 saturated heterocycles. The quantitative estimate of drug-likeness (QED) is 0.867. The molecule has 1 atom stereocenters. The highest BCUT2D eigenvalue weighted by molar-refractivity contribution is 5.84. The number of carbonyl (C=O) groups excluding carboxylic acids is 1. The van der Waals surface area contributed by atoms with Gasteiger partial charge in [0.1, 0.15) is 6.04 Å². The van der Waals surface area contributed by atoms with Crippen molar-refractivity contribution < 1.29 is 4.79 Å². The number of aromatic nitrogens is 2. The molecule has 0 N–H and O–H groups in total. The minimum Gasteiger partial charge on any atom is -0.337 e. The summed E-state index contributed by atoms with van der Waals surface area (Å²) in [6, 6.07) is 10.4. The van der Waals surface area contributed by atoms with E-state index in [9.17, 15) is 4.79 Å². The van der Waals surface area contributed by atoms with Crippen LogP contribution in [0.15, 0.2) is 30.3 Å². The zero-order valence-corrected chi connectivity index (χ0v) is 15.2. The molecule has 1 aromatic heterocycles. The summed E-state index contributed by atoms with van der Waals surface area (Å²) in [6.45, 7) is 7.60. The number of hydrogen-bond acceptors (Lipinski definition) is 3. The lowest BCUT2D eigenvalue weighted by Crippen LogP contribution is -2.54. The monoisotopic (exact) mass is 326 g/mol. The molecule has 5 heteroatoms. The Morgan fingerprint density at radius 1 is 1.21 bits per heavy atom. The molecule has 0 unspecified atom stereocenters. The summed E-state index contributed by atoms with van der Waals surface area (Å²) >= 11 is 0. The highest BCUT2D eigenvalue weighted by atomic mass is 16.2. The number of likely N-dealkylation sites (N-methyl/N-ethyl adjacent to an activating group) is 1. The smallest absolute Gasteiger partial charge is 0.244 e. The molecule has 128 valence electrons. The molecule has 24 heavy (non-hydrogen) atoms. The van der Waals surface area contributed by atoms with Crippen LogP contribution in [0.25, 0.3) is 0 Å². The van der Waals surface area contributed by atoms with E-state index in [1.807, 2.05) is 43.0 Å². The average molecular weight is 326 g/mol. The van der Waals surface area contributed by atoms with E-state index in [1.54, 1.807) is 0 Å². The van der Waals surface area contributed by atoms with E-state index in [-0.39, 0.29) is 11.9 Å². The van der Waals surface area contributed by atoms with Gasteiger partial charge in [0.2, 0.25) is 5.91 Å². The SMILES string of the molecule is Cc1cccc([C@@H](C(=O)N2CC(n3nc(C)cc3C)C2)N(C)C)c1. The number of benzene rings is 1. The third-order valence-corrected chi connectivity index (χ3v) is 4.67. The summed E-state index contributed by atoms with van der Waals surface area (Å²) in [5.41, 5.74) is 4.42. The summed E-state index contributed by atoms with van der Waals surface area (Å²) in [7, 11) is 3.92. The second-order valence-electron chi connectivity index (χ2n) is 7.05. The van der Waals surface area contributed by atoms with E-state index in [2.05, 4.69) is 41.8 Å². The van der Waals surface area contributed by atoms with E-state index in [4.69, 9.17) is 0 Å². The predicted octanol–water partition coefficient (Wildman–Crippen LogP) is 2.49. The van der Waals surface area contributed by atoms with Gasteiger partial charge in [-0.2, -0.15) is 5.10 Å². The first kappa shape index (κ1) is 16.7. The van der Waals surface area contributed by atoms with E-state index in [1.165, 1.54) is 5.56 Å². The van der Waals surface area contributed by atoms with Crippen molar-refractivity contribution >= 4 is 5.91 Å². The number of carbonyl (C=O) groups is 1.